The molecule has 0 saturated carbocycles. The highest BCUT2D eigenvalue weighted by atomic mass is 19.3. The zero-order chi connectivity index (χ0) is 14.0. The number of β-amino-alcohol motifs (C(OH)–C–C–N with tert-alkyl or cyclic N) is 1. The minimum atomic E-state index is -2.99. The third-order valence-electron chi connectivity index (χ3n) is 2.39. The highest BCUT2D eigenvalue weighted by Crippen LogP contribution is 2.26. The zero-order valence-electron chi connectivity index (χ0n) is 11.2. The SMILES string of the molecule is CC(C)(C)NC[C@H](O)c1cccc(C(C)(F)F)n1. The molecule has 0 radical (unpaired) electrons. The van der Waals surface area contributed by atoms with Gasteiger partial charge in [0.05, 0.1) is 5.69 Å². The second kappa shape index (κ2) is 5.28. The lowest BCUT2D eigenvalue weighted by Gasteiger charge is -2.23. The lowest BCUT2D eigenvalue weighted by atomic mass is 10.1. The van der Waals surface area contributed by atoms with Crippen LogP contribution in [0.2, 0.25) is 0 Å². The Labute approximate surface area is 106 Å². The van der Waals surface area contributed by atoms with Crippen LogP contribution in [-0.2, 0) is 5.92 Å². The first-order chi connectivity index (χ1) is 8.09. The Balaban J connectivity index is 2.78. The quantitative estimate of drug-likeness (QED) is 0.872. The van der Waals surface area contributed by atoms with Crippen LogP contribution in [0, 0.1) is 0 Å². The number of alkyl halides is 2. The molecule has 3 nitrogen and oxygen atoms in total. The summed E-state index contributed by atoms with van der Waals surface area (Å²) in [4.78, 5) is 3.80. The van der Waals surface area contributed by atoms with E-state index in [1.165, 1.54) is 12.1 Å². The number of rotatable bonds is 4. The van der Waals surface area contributed by atoms with Crippen molar-refractivity contribution in [3.63, 3.8) is 0 Å². The van der Waals surface area contributed by atoms with Crippen LogP contribution in [0.3, 0.4) is 0 Å². The van der Waals surface area contributed by atoms with Crippen molar-refractivity contribution in [2.75, 3.05) is 6.54 Å². The van der Waals surface area contributed by atoms with Crippen molar-refractivity contribution in [1.29, 1.82) is 0 Å². The second-order valence-corrected chi connectivity index (χ2v) is 5.48. The van der Waals surface area contributed by atoms with E-state index in [1.54, 1.807) is 6.07 Å². The molecule has 1 heterocycles. The van der Waals surface area contributed by atoms with Crippen molar-refractivity contribution in [2.24, 2.45) is 0 Å². The van der Waals surface area contributed by atoms with Gasteiger partial charge in [-0.1, -0.05) is 6.07 Å². The van der Waals surface area contributed by atoms with Crippen LogP contribution < -0.4 is 5.32 Å². The Morgan fingerprint density at radius 3 is 2.39 bits per heavy atom. The average molecular weight is 258 g/mol. The fourth-order valence-electron chi connectivity index (χ4n) is 1.39. The molecule has 0 saturated heterocycles. The maximum absolute atomic E-state index is 13.1. The Hall–Kier alpha value is -1.07. The second-order valence-electron chi connectivity index (χ2n) is 5.48. The number of pyridine rings is 1. The minimum absolute atomic E-state index is 0.146. The summed E-state index contributed by atoms with van der Waals surface area (Å²) in [5.74, 6) is -2.99. The lowest BCUT2D eigenvalue weighted by molar-refractivity contribution is 0.0120. The fraction of sp³-hybridized carbons (Fsp3) is 0.615. The highest BCUT2D eigenvalue weighted by molar-refractivity contribution is 5.16. The molecule has 0 aliphatic carbocycles. The van der Waals surface area contributed by atoms with Crippen molar-refractivity contribution in [3.05, 3.63) is 29.6 Å². The van der Waals surface area contributed by atoms with Gasteiger partial charge in [0.15, 0.2) is 0 Å². The molecule has 0 amide bonds. The molecular formula is C13H20F2N2O. The first kappa shape index (κ1) is 15.0. The molecule has 0 unspecified atom stereocenters. The number of nitrogens with zero attached hydrogens (tertiary/aromatic N) is 1. The van der Waals surface area contributed by atoms with Crippen molar-refractivity contribution in [1.82, 2.24) is 10.3 Å². The average Bonchev–Trinajstić information content (AvgIpc) is 2.24. The van der Waals surface area contributed by atoms with Crippen LogP contribution in [0.15, 0.2) is 18.2 Å². The number of aliphatic hydroxyl groups is 1. The van der Waals surface area contributed by atoms with E-state index in [2.05, 4.69) is 10.3 Å². The van der Waals surface area contributed by atoms with Crippen LogP contribution in [0.5, 0.6) is 0 Å². The Morgan fingerprint density at radius 1 is 1.28 bits per heavy atom. The Morgan fingerprint density at radius 2 is 1.89 bits per heavy atom. The smallest absolute Gasteiger partial charge is 0.286 e. The predicted octanol–water partition coefficient (Wildman–Crippen LogP) is 2.61. The zero-order valence-corrected chi connectivity index (χ0v) is 11.2. The molecule has 1 rings (SSSR count). The third-order valence-corrected chi connectivity index (χ3v) is 2.39. The molecule has 0 fully saturated rings. The summed E-state index contributed by atoms with van der Waals surface area (Å²) in [5, 5.41) is 13.0. The van der Waals surface area contributed by atoms with E-state index in [-0.39, 0.29) is 23.5 Å². The van der Waals surface area contributed by atoms with E-state index in [4.69, 9.17) is 0 Å². The normalized spacial score (nSPS) is 14.6. The minimum Gasteiger partial charge on any atom is -0.385 e. The monoisotopic (exact) mass is 258 g/mol. The Kier molecular flexibility index (Phi) is 4.40. The number of nitrogens with one attached hydrogen (secondary N) is 1. The Bertz CT molecular complexity index is 397. The van der Waals surface area contributed by atoms with Gasteiger partial charge in [0.1, 0.15) is 11.8 Å². The number of halogens is 2. The van der Waals surface area contributed by atoms with Gasteiger partial charge in [-0.3, -0.25) is 0 Å². The molecular weight excluding hydrogens is 238 g/mol. The highest BCUT2D eigenvalue weighted by Gasteiger charge is 2.27. The number of aliphatic hydroxyl groups excluding tert-OH is 1. The number of aromatic nitrogens is 1. The van der Waals surface area contributed by atoms with Gasteiger partial charge in [0.2, 0.25) is 0 Å². The predicted molar refractivity (Wildman–Crippen MR) is 66.5 cm³/mol. The van der Waals surface area contributed by atoms with Gasteiger partial charge < -0.3 is 10.4 Å². The van der Waals surface area contributed by atoms with Gasteiger partial charge >= 0.3 is 0 Å². The summed E-state index contributed by atoms with van der Waals surface area (Å²) in [6.07, 6.45) is -0.897. The maximum atomic E-state index is 13.1. The molecule has 1 atom stereocenters. The van der Waals surface area contributed by atoms with E-state index in [1.807, 2.05) is 20.8 Å². The van der Waals surface area contributed by atoms with Crippen LogP contribution in [-0.4, -0.2) is 22.2 Å². The number of hydrogen-bond donors (Lipinski definition) is 2. The molecule has 1 aromatic heterocycles. The topological polar surface area (TPSA) is 45.1 Å². The molecule has 2 N–H and O–H groups in total. The van der Waals surface area contributed by atoms with E-state index in [0.717, 1.165) is 6.92 Å². The molecule has 0 aliphatic heterocycles. The molecule has 5 heteroatoms. The van der Waals surface area contributed by atoms with E-state index in [0.29, 0.717) is 0 Å². The lowest BCUT2D eigenvalue weighted by Crippen LogP contribution is -2.38. The maximum Gasteiger partial charge on any atom is 0.286 e. The summed E-state index contributed by atoms with van der Waals surface area (Å²) in [7, 11) is 0. The van der Waals surface area contributed by atoms with Gasteiger partial charge in [-0.05, 0) is 32.9 Å². The summed E-state index contributed by atoms with van der Waals surface area (Å²) >= 11 is 0. The van der Waals surface area contributed by atoms with Gasteiger partial charge in [-0.2, -0.15) is 8.78 Å². The first-order valence-corrected chi connectivity index (χ1v) is 5.88. The van der Waals surface area contributed by atoms with Crippen molar-refractivity contribution < 1.29 is 13.9 Å². The van der Waals surface area contributed by atoms with Crippen LogP contribution in [0.1, 0.15) is 45.2 Å². The van der Waals surface area contributed by atoms with E-state index in [9.17, 15) is 13.9 Å². The van der Waals surface area contributed by atoms with E-state index >= 15 is 0 Å². The van der Waals surface area contributed by atoms with Crippen LogP contribution in [0.4, 0.5) is 8.78 Å². The van der Waals surface area contributed by atoms with E-state index < -0.39 is 12.0 Å². The molecule has 102 valence electrons. The molecule has 1 aromatic rings. The molecule has 0 bridgehead atoms. The van der Waals surface area contributed by atoms with Gasteiger partial charge in [0.25, 0.3) is 5.92 Å². The van der Waals surface area contributed by atoms with Crippen molar-refractivity contribution >= 4 is 0 Å². The molecule has 0 aromatic carbocycles. The third kappa shape index (κ3) is 4.66. The summed E-state index contributed by atoms with van der Waals surface area (Å²) in [5.41, 5.74) is -0.214. The summed E-state index contributed by atoms with van der Waals surface area (Å²) < 4.78 is 26.2. The number of hydrogen-bond acceptors (Lipinski definition) is 3. The fourth-order valence-corrected chi connectivity index (χ4v) is 1.39. The van der Waals surface area contributed by atoms with Gasteiger partial charge in [0, 0.05) is 19.0 Å². The molecule has 18 heavy (non-hydrogen) atoms. The van der Waals surface area contributed by atoms with Crippen LogP contribution in [0.25, 0.3) is 0 Å². The molecule has 0 aliphatic rings. The first-order valence-electron chi connectivity index (χ1n) is 5.88. The largest absolute Gasteiger partial charge is 0.385 e. The standard InChI is InChI=1S/C13H20F2N2O/c1-12(2,3)16-8-10(18)9-6-5-7-11(17-9)13(4,14)15/h5-7,10,16,18H,8H2,1-4H3/t10-/m0/s1. The van der Waals surface area contributed by atoms with Gasteiger partial charge in [-0.15, -0.1) is 0 Å². The summed E-state index contributed by atoms with van der Waals surface area (Å²) in [6.45, 7) is 6.95. The van der Waals surface area contributed by atoms with Crippen LogP contribution >= 0.6 is 0 Å². The van der Waals surface area contributed by atoms with Crippen molar-refractivity contribution in [3.8, 4) is 0 Å². The van der Waals surface area contributed by atoms with Gasteiger partial charge in [-0.25, -0.2) is 4.98 Å². The molecule has 0 spiro atoms. The van der Waals surface area contributed by atoms with Crippen molar-refractivity contribution in [2.45, 2.75) is 45.3 Å². The summed E-state index contributed by atoms with van der Waals surface area (Å²) in [6, 6.07) is 4.28.